The maximum Gasteiger partial charge on any atom is 0.238 e. The summed E-state index contributed by atoms with van der Waals surface area (Å²) in [6.07, 6.45) is 1.27. The average Bonchev–Trinajstić information content (AvgIpc) is 2.67. The lowest BCUT2D eigenvalue weighted by atomic mass is 9.68. The predicted octanol–water partition coefficient (Wildman–Crippen LogP) is 4.09. The second-order valence-corrected chi connectivity index (χ2v) is 6.96. The van der Waals surface area contributed by atoms with Gasteiger partial charge in [0.2, 0.25) is 5.91 Å². The molecule has 0 aliphatic carbocycles. The third-order valence-electron chi connectivity index (χ3n) is 5.33. The molecule has 0 spiro atoms. The first kappa shape index (κ1) is 16.4. The molecule has 1 aliphatic heterocycles. The van der Waals surface area contributed by atoms with Crippen LogP contribution >= 0.6 is 0 Å². The van der Waals surface area contributed by atoms with E-state index in [1.165, 1.54) is 5.56 Å². The van der Waals surface area contributed by atoms with Gasteiger partial charge in [-0.1, -0.05) is 60.7 Å². The number of para-hydroxylation sites is 1. The number of nitrogens with zero attached hydrogens (tertiary/aromatic N) is 1. The molecule has 1 amide bonds. The Morgan fingerprint density at radius 2 is 1.58 bits per heavy atom. The SMILES string of the molecule is CN1C(=O)C(Cc2ccccc2)(c2ccc(O)cc2)Cc2ccccc21. The first-order chi connectivity index (χ1) is 12.6. The molecule has 3 nitrogen and oxygen atoms in total. The molecule has 26 heavy (non-hydrogen) atoms. The molecule has 1 heterocycles. The molecular weight excluding hydrogens is 322 g/mol. The van der Waals surface area contributed by atoms with Crippen molar-refractivity contribution in [1.29, 1.82) is 0 Å². The summed E-state index contributed by atoms with van der Waals surface area (Å²) in [4.78, 5) is 15.3. The number of fused-ring (bicyclic) bond motifs is 1. The summed E-state index contributed by atoms with van der Waals surface area (Å²) < 4.78 is 0. The molecular formula is C23H21NO2. The summed E-state index contributed by atoms with van der Waals surface area (Å²) in [6.45, 7) is 0. The molecule has 0 bridgehead atoms. The molecule has 0 fully saturated rings. The highest BCUT2D eigenvalue weighted by atomic mass is 16.3. The number of phenols is 1. The Bertz CT molecular complexity index is 934. The van der Waals surface area contributed by atoms with Crippen LogP contribution in [-0.4, -0.2) is 18.1 Å². The summed E-state index contributed by atoms with van der Waals surface area (Å²) in [5.74, 6) is 0.298. The van der Waals surface area contributed by atoms with Crippen LogP contribution in [0.1, 0.15) is 16.7 Å². The Kier molecular flexibility index (Phi) is 4.00. The first-order valence-corrected chi connectivity index (χ1v) is 8.80. The van der Waals surface area contributed by atoms with Gasteiger partial charge in [-0.2, -0.15) is 0 Å². The third-order valence-corrected chi connectivity index (χ3v) is 5.33. The zero-order valence-corrected chi connectivity index (χ0v) is 14.7. The van der Waals surface area contributed by atoms with Gasteiger partial charge in [0, 0.05) is 12.7 Å². The second kappa shape index (κ2) is 6.34. The van der Waals surface area contributed by atoms with Crippen LogP contribution in [-0.2, 0) is 23.1 Å². The number of phenolic OH excluding ortho intramolecular Hbond substituents is 1. The molecule has 0 saturated heterocycles. The standard InChI is InChI=1S/C23H21NO2/c1-24-21-10-6-5-9-18(21)16-23(22(24)26,15-17-7-3-2-4-8-17)19-11-13-20(25)14-12-19/h2-14,25H,15-16H2,1H3. The van der Waals surface area contributed by atoms with Gasteiger partial charge in [-0.25, -0.2) is 0 Å². The van der Waals surface area contributed by atoms with Crippen LogP contribution in [0.15, 0.2) is 78.9 Å². The number of likely N-dealkylation sites (N-methyl/N-ethyl adjacent to an activating group) is 1. The molecule has 4 rings (SSSR count). The Morgan fingerprint density at radius 1 is 0.923 bits per heavy atom. The summed E-state index contributed by atoms with van der Waals surface area (Å²) in [5.41, 5.74) is 3.52. The van der Waals surface area contributed by atoms with E-state index in [-0.39, 0.29) is 11.7 Å². The number of rotatable bonds is 3. The number of benzene rings is 3. The zero-order valence-electron chi connectivity index (χ0n) is 14.7. The molecule has 3 heteroatoms. The van der Waals surface area contributed by atoms with Gasteiger partial charge in [0.1, 0.15) is 5.75 Å². The number of amides is 1. The Labute approximate surface area is 153 Å². The van der Waals surface area contributed by atoms with E-state index in [2.05, 4.69) is 18.2 Å². The number of hydrogen-bond donors (Lipinski definition) is 1. The molecule has 1 N–H and O–H groups in total. The third kappa shape index (κ3) is 2.66. The van der Waals surface area contributed by atoms with Crippen molar-refractivity contribution in [2.75, 3.05) is 11.9 Å². The van der Waals surface area contributed by atoms with E-state index in [0.29, 0.717) is 12.8 Å². The summed E-state index contributed by atoms with van der Waals surface area (Å²) in [7, 11) is 1.85. The molecule has 0 saturated carbocycles. The smallest absolute Gasteiger partial charge is 0.238 e. The van der Waals surface area contributed by atoms with E-state index in [4.69, 9.17) is 0 Å². The van der Waals surface area contributed by atoms with Crippen molar-refractivity contribution < 1.29 is 9.90 Å². The van der Waals surface area contributed by atoms with Gasteiger partial charge < -0.3 is 10.0 Å². The lowest BCUT2D eigenvalue weighted by Gasteiger charge is -2.42. The van der Waals surface area contributed by atoms with Gasteiger partial charge in [0.05, 0.1) is 5.41 Å². The van der Waals surface area contributed by atoms with Gasteiger partial charge in [-0.15, -0.1) is 0 Å². The van der Waals surface area contributed by atoms with E-state index in [0.717, 1.165) is 16.8 Å². The first-order valence-electron chi connectivity index (χ1n) is 8.80. The number of hydrogen-bond acceptors (Lipinski definition) is 2. The normalized spacial score (nSPS) is 19.3. The average molecular weight is 343 g/mol. The lowest BCUT2D eigenvalue weighted by molar-refractivity contribution is -0.124. The van der Waals surface area contributed by atoms with E-state index < -0.39 is 5.41 Å². The molecule has 0 radical (unpaired) electrons. The minimum Gasteiger partial charge on any atom is -0.508 e. The monoisotopic (exact) mass is 343 g/mol. The Morgan fingerprint density at radius 3 is 2.31 bits per heavy atom. The molecule has 0 aromatic heterocycles. The molecule has 3 aromatic carbocycles. The summed E-state index contributed by atoms with van der Waals surface area (Å²) in [5, 5.41) is 9.71. The highest BCUT2D eigenvalue weighted by molar-refractivity contribution is 6.04. The number of anilines is 1. The predicted molar refractivity (Wildman–Crippen MR) is 103 cm³/mol. The van der Waals surface area contributed by atoms with E-state index >= 15 is 0 Å². The zero-order chi connectivity index (χ0) is 18.1. The van der Waals surface area contributed by atoms with Crippen molar-refractivity contribution in [1.82, 2.24) is 0 Å². The largest absolute Gasteiger partial charge is 0.508 e. The topological polar surface area (TPSA) is 40.5 Å². The van der Waals surface area contributed by atoms with Gasteiger partial charge in [0.15, 0.2) is 0 Å². The van der Waals surface area contributed by atoms with Crippen molar-refractivity contribution in [3.63, 3.8) is 0 Å². The maximum absolute atomic E-state index is 13.6. The van der Waals surface area contributed by atoms with Crippen molar-refractivity contribution in [2.24, 2.45) is 0 Å². The molecule has 1 aliphatic rings. The molecule has 1 atom stereocenters. The lowest BCUT2D eigenvalue weighted by Crippen LogP contribution is -2.52. The minimum atomic E-state index is -0.682. The van der Waals surface area contributed by atoms with Crippen LogP contribution in [0.5, 0.6) is 5.75 Å². The second-order valence-electron chi connectivity index (χ2n) is 6.96. The molecule has 3 aromatic rings. The molecule has 130 valence electrons. The van der Waals surface area contributed by atoms with Crippen LogP contribution in [0.2, 0.25) is 0 Å². The Balaban J connectivity index is 1.88. The minimum absolute atomic E-state index is 0.0887. The van der Waals surface area contributed by atoms with Gasteiger partial charge in [-0.05, 0) is 47.7 Å². The van der Waals surface area contributed by atoms with Crippen LogP contribution in [0.4, 0.5) is 5.69 Å². The van der Waals surface area contributed by atoms with Crippen LogP contribution in [0.25, 0.3) is 0 Å². The van der Waals surface area contributed by atoms with Gasteiger partial charge in [-0.3, -0.25) is 4.79 Å². The van der Waals surface area contributed by atoms with Crippen molar-refractivity contribution in [3.05, 3.63) is 95.6 Å². The fourth-order valence-corrected chi connectivity index (χ4v) is 4.01. The molecule has 1 unspecified atom stereocenters. The van der Waals surface area contributed by atoms with E-state index in [9.17, 15) is 9.90 Å². The van der Waals surface area contributed by atoms with Crippen LogP contribution in [0, 0.1) is 0 Å². The van der Waals surface area contributed by atoms with Gasteiger partial charge >= 0.3 is 0 Å². The highest BCUT2D eigenvalue weighted by Gasteiger charge is 2.46. The Hall–Kier alpha value is -3.07. The highest BCUT2D eigenvalue weighted by Crippen LogP contribution is 2.42. The maximum atomic E-state index is 13.6. The van der Waals surface area contributed by atoms with E-state index in [1.54, 1.807) is 17.0 Å². The summed E-state index contributed by atoms with van der Waals surface area (Å²) >= 11 is 0. The quantitative estimate of drug-likeness (QED) is 0.778. The number of carbonyl (C=O) groups excluding carboxylic acids is 1. The number of aromatic hydroxyl groups is 1. The van der Waals surface area contributed by atoms with Gasteiger partial charge in [0.25, 0.3) is 0 Å². The van der Waals surface area contributed by atoms with Crippen LogP contribution in [0.3, 0.4) is 0 Å². The van der Waals surface area contributed by atoms with Crippen LogP contribution < -0.4 is 4.90 Å². The summed E-state index contributed by atoms with van der Waals surface area (Å²) in [6, 6.07) is 25.3. The van der Waals surface area contributed by atoms with Crippen molar-refractivity contribution in [2.45, 2.75) is 18.3 Å². The van der Waals surface area contributed by atoms with Crippen molar-refractivity contribution >= 4 is 11.6 Å². The van der Waals surface area contributed by atoms with E-state index in [1.807, 2.05) is 55.6 Å². The fourth-order valence-electron chi connectivity index (χ4n) is 4.01. The fraction of sp³-hybridized carbons (Fsp3) is 0.174. The number of carbonyl (C=O) groups is 1. The van der Waals surface area contributed by atoms with Crippen molar-refractivity contribution in [3.8, 4) is 5.75 Å².